The van der Waals surface area contributed by atoms with E-state index in [1.807, 2.05) is 13.0 Å². The Morgan fingerprint density at radius 1 is 1.29 bits per heavy atom. The van der Waals surface area contributed by atoms with E-state index in [1.54, 1.807) is 23.2 Å². The van der Waals surface area contributed by atoms with Gasteiger partial charge in [-0.2, -0.15) is 0 Å². The van der Waals surface area contributed by atoms with Crippen LogP contribution in [0, 0.1) is 6.92 Å². The van der Waals surface area contributed by atoms with Crippen LogP contribution >= 0.6 is 11.6 Å². The number of likely N-dealkylation sites (tertiary alicyclic amines) is 1. The maximum Gasteiger partial charge on any atom is 0.323 e. The first kappa shape index (κ1) is 21.2. The Kier molecular flexibility index (Phi) is 5.88. The van der Waals surface area contributed by atoms with Gasteiger partial charge >= 0.3 is 6.03 Å². The number of hydrogen-bond acceptors (Lipinski definition) is 6. The molecule has 0 aromatic carbocycles. The van der Waals surface area contributed by atoms with E-state index >= 15 is 4.39 Å². The van der Waals surface area contributed by atoms with Crippen LogP contribution < -0.4 is 5.32 Å². The number of aromatic nitrogens is 3. The summed E-state index contributed by atoms with van der Waals surface area (Å²) in [5, 5.41) is 12.2. The average Bonchev–Trinajstić information content (AvgIpc) is 3.24. The van der Waals surface area contributed by atoms with Gasteiger partial charge < -0.3 is 14.4 Å². The predicted molar refractivity (Wildman–Crippen MR) is 112 cm³/mol. The molecule has 3 aromatic heterocycles. The molecule has 0 bridgehead atoms. The summed E-state index contributed by atoms with van der Waals surface area (Å²) in [6.07, 6.45) is 4.46. The smallest absolute Gasteiger partial charge is 0.323 e. The molecule has 0 saturated carbocycles. The monoisotopic (exact) mass is 445 g/mol. The number of hydrogen-bond donors (Lipinski definition) is 2. The molecule has 162 valence electrons. The molecule has 1 aliphatic heterocycles. The molecular weight excluding hydrogens is 425 g/mol. The van der Waals surface area contributed by atoms with Crippen LogP contribution in [0.5, 0.6) is 0 Å². The molecule has 2 N–H and O–H groups in total. The zero-order valence-electron chi connectivity index (χ0n) is 16.8. The van der Waals surface area contributed by atoms with Crippen molar-refractivity contribution in [1.82, 2.24) is 19.9 Å². The summed E-state index contributed by atoms with van der Waals surface area (Å²) < 4.78 is 21.0. The van der Waals surface area contributed by atoms with Gasteiger partial charge in [-0.15, -0.1) is 0 Å². The van der Waals surface area contributed by atoms with Gasteiger partial charge in [0.2, 0.25) is 0 Å². The fourth-order valence-electron chi connectivity index (χ4n) is 3.54. The van der Waals surface area contributed by atoms with Gasteiger partial charge in [0.25, 0.3) is 0 Å². The third kappa shape index (κ3) is 4.38. The van der Waals surface area contributed by atoms with Crippen molar-refractivity contribution in [3.05, 3.63) is 59.0 Å². The van der Waals surface area contributed by atoms with E-state index in [9.17, 15) is 9.90 Å². The Balaban J connectivity index is 1.44. The Bertz CT molecular complexity index is 1080. The lowest BCUT2D eigenvalue weighted by molar-refractivity contribution is 0.0684. The van der Waals surface area contributed by atoms with Crippen molar-refractivity contribution in [3.8, 4) is 11.3 Å². The molecule has 1 aliphatic rings. The van der Waals surface area contributed by atoms with Crippen molar-refractivity contribution in [2.75, 3.05) is 18.4 Å². The number of pyridine rings is 2. The first-order valence-corrected chi connectivity index (χ1v) is 10.1. The molecule has 2 amide bonds. The van der Waals surface area contributed by atoms with Crippen LogP contribution in [0.2, 0.25) is 5.02 Å². The molecule has 31 heavy (non-hydrogen) atoms. The SMILES string of the molecule is Cc1ccc(NC(=O)N2CCC(F)(c3ncc(-c4ocnc4CO)cc3Cl)CC2)nc1. The summed E-state index contributed by atoms with van der Waals surface area (Å²) in [6.45, 7) is 2.04. The number of halogens is 2. The Labute approximate surface area is 183 Å². The molecule has 4 heterocycles. The molecule has 1 saturated heterocycles. The van der Waals surface area contributed by atoms with E-state index in [0.717, 1.165) is 5.56 Å². The van der Waals surface area contributed by atoms with Crippen molar-refractivity contribution in [2.45, 2.75) is 32.0 Å². The number of carbonyl (C=O) groups is 1. The second-order valence-electron chi connectivity index (χ2n) is 7.44. The first-order chi connectivity index (χ1) is 14.9. The van der Waals surface area contributed by atoms with E-state index in [4.69, 9.17) is 16.0 Å². The average molecular weight is 446 g/mol. The number of aliphatic hydroxyl groups excluding tert-OH is 1. The van der Waals surface area contributed by atoms with Crippen LogP contribution in [0.1, 0.15) is 29.8 Å². The summed E-state index contributed by atoms with van der Waals surface area (Å²) in [5.41, 5.74) is 0.215. The summed E-state index contributed by atoms with van der Waals surface area (Å²) in [6, 6.07) is 4.80. The molecule has 3 aromatic rings. The quantitative estimate of drug-likeness (QED) is 0.627. The van der Waals surface area contributed by atoms with E-state index in [2.05, 4.69) is 20.3 Å². The highest BCUT2D eigenvalue weighted by Gasteiger charge is 2.40. The van der Waals surface area contributed by atoms with Gasteiger partial charge in [-0.05, 0) is 24.6 Å². The highest BCUT2D eigenvalue weighted by atomic mass is 35.5. The molecule has 10 heteroatoms. The predicted octanol–water partition coefficient (Wildman–Crippen LogP) is 4.08. The molecule has 0 radical (unpaired) electrons. The fourth-order valence-corrected chi connectivity index (χ4v) is 3.88. The minimum Gasteiger partial charge on any atom is -0.443 e. The standard InChI is InChI=1S/C21H21ClFN5O3/c1-13-2-3-17(24-9-13)27-20(30)28-6-4-21(23,5-7-28)19-15(22)8-14(10-25-19)18-16(11-29)26-12-31-18/h2-3,8-10,12,29H,4-7,11H2,1H3,(H,24,27,30). The van der Waals surface area contributed by atoms with Crippen molar-refractivity contribution in [1.29, 1.82) is 0 Å². The van der Waals surface area contributed by atoms with Crippen LogP contribution in [0.25, 0.3) is 11.3 Å². The van der Waals surface area contributed by atoms with Crippen LogP contribution in [0.4, 0.5) is 15.0 Å². The van der Waals surface area contributed by atoms with Crippen LogP contribution in [-0.4, -0.2) is 44.1 Å². The normalized spacial score (nSPS) is 15.7. The third-order valence-electron chi connectivity index (χ3n) is 5.31. The van der Waals surface area contributed by atoms with Crippen LogP contribution in [0.3, 0.4) is 0 Å². The summed E-state index contributed by atoms with van der Waals surface area (Å²) in [5.74, 6) is 0.787. The molecule has 0 spiro atoms. The van der Waals surface area contributed by atoms with Crippen LogP contribution in [-0.2, 0) is 12.3 Å². The van der Waals surface area contributed by atoms with Gasteiger partial charge in [-0.3, -0.25) is 10.3 Å². The number of aryl methyl sites for hydroxylation is 1. The second-order valence-corrected chi connectivity index (χ2v) is 7.85. The van der Waals surface area contributed by atoms with E-state index in [0.29, 0.717) is 22.8 Å². The van der Waals surface area contributed by atoms with Gasteiger partial charge in [0.05, 0.1) is 17.3 Å². The fraction of sp³-hybridized carbons (Fsp3) is 0.333. The number of nitrogens with zero attached hydrogens (tertiary/aromatic N) is 4. The number of oxazole rings is 1. The third-order valence-corrected chi connectivity index (χ3v) is 5.60. The number of aliphatic hydroxyl groups is 1. The topological polar surface area (TPSA) is 104 Å². The molecule has 8 nitrogen and oxygen atoms in total. The first-order valence-electron chi connectivity index (χ1n) is 9.77. The van der Waals surface area contributed by atoms with Gasteiger partial charge in [-0.1, -0.05) is 17.7 Å². The minimum absolute atomic E-state index is 0.0675. The lowest BCUT2D eigenvalue weighted by Gasteiger charge is -2.36. The number of anilines is 1. The highest BCUT2D eigenvalue weighted by molar-refractivity contribution is 6.31. The lowest BCUT2D eigenvalue weighted by atomic mass is 9.89. The summed E-state index contributed by atoms with van der Waals surface area (Å²) >= 11 is 6.36. The van der Waals surface area contributed by atoms with Gasteiger partial charge in [0.1, 0.15) is 11.5 Å². The van der Waals surface area contributed by atoms with E-state index in [-0.39, 0.29) is 49.3 Å². The Morgan fingerprint density at radius 3 is 2.71 bits per heavy atom. The molecule has 0 atom stereocenters. The number of urea groups is 1. The second kappa shape index (κ2) is 8.60. The molecule has 0 aliphatic carbocycles. The van der Waals surface area contributed by atoms with E-state index < -0.39 is 5.67 Å². The van der Waals surface area contributed by atoms with Gasteiger partial charge in [0, 0.05) is 43.9 Å². The van der Waals surface area contributed by atoms with Crippen molar-refractivity contribution >= 4 is 23.4 Å². The highest BCUT2D eigenvalue weighted by Crippen LogP contribution is 2.40. The minimum atomic E-state index is -1.75. The largest absolute Gasteiger partial charge is 0.443 e. The Morgan fingerprint density at radius 2 is 2.06 bits per heavy atom. The number of rotatable bonds is 4. The van der Waals surface area contributed by atoms with Crippen molar-refractivity contribution < 1.29 is 18.7 Å². The van der Waals surface area contributed by atoms with Crippen molar-refractivity contribution in [3.63, 3.8) is 0 Å². The maximum absolute atomic E-state index is 15.7. The maximum atomic E-state index is 15.7. The number of alkyl halides is 1. The van der Waals surface area contributed by atoms with Crippen molar-refractivity contribution in [2.24, 2.45) is 0 Å². The zero-order chi connectivity index (χ0) is 22.0. The zero-order valence-corrected chi connectivity index (χ0v) is 17.6. The Hall–Kier alpha value is -3.04. The molecule has 0 unspecified atom stereocenters. The van der Waals surface area contributed by atoms with Crippen LogP contribution in [0.15, 0.2) is 41.4 Å². The van der Waals surface area contributed by atoms with Gasteiger partial charge in [-0.25, -0.2) is 19.2 Å². The molecule has 1 fully saturated rings. The molecular formula is C21H21ClFN5O3. The van der Waals surface area contributed by atoms with Gasteiger partial charge in [0.15, 0.2) is 17.8 Å². The number of carbonyl (C=O) groups excluding carboxylic acids is 1. The lowest BCUT2D eigenvalue weighted by Crippen LogP contribution is -2.45. The molecule has 4 rings (SSSR count). The number of amides is 2. The van der Waals surface area contributed by atoms with E-state index in [1.165, 1.54) is 12.6 Å². The number of nitrogens with one attached hydrogen (secondary N) is 1. The number of piperidine rings is 1. The summed E-state index contributed by atoms with van der Waals surface area (Å²) in [7, 11) is 0. The summed E-state index contributed by atoms with van der Waals surface area (Å²) in [4.78, 5) is 26.3.